The zero-order valence-corrected chi connectivity index (χ0v) is 72.3. The molecule has 0 radical (unpaired) electrons. The number of anilines is 4. The van der Waals surface area contributed by atoms with Crippen molar-refractivity contribution in [3.05, 3.63) is 310 Å². The van der Waals surface area contributed by atoms with Crippen LogP contribution < -0.4 is 19.6 Å². The Hall–Kier alpha value is -4.59. The smallest absolute Gasteiger partial charge is 0.163 e. The van der Waals surface area contributed by atoms with E-state index in [-0.39, 0.29) is 24.2 Å². The van der Waals surface area contributed by atoms with Crippen LogP contribution in [0.3, 0.4) is 0 Å². The van der Waals surface area contributed by atoms with Gasteiger partial charge in [-0.3, -0.25) is 19.6 Å². The van der Waals surface area contributed by atoms with Crippen molar-refractivity contribution in [2.24, 2.45) is 5.41 Å². The van der Waals surface area contributed by atoms with Gasteiger partial charge < -0.3 is 19.6 Å². The number of thioether (sulfide) groups is 1. The molecule has 0 amide bonds. The summed E-state index contributed by atoms with van der Waals surface area (Å²) in [5.74, 6) is -0.411. The maximum absolute atomic E-state index is 14.2. The molecular formula is C86H88Cl12F2N8S2. The summed E-state index contributed by atoms with van der Waals surface area (Å²) in [4.78, 5) is 20.5. The third kappa shape index (κ3) is 24.3. The van der Waals surface area contributed by atoms with Gasteiger partial charge in [-0.05, 0) is 204 Å². The minimum Gasteiger partial charge on any atom is -0.361 e. The Balaban J connectivity index is 0.000000146. The van der Waals surface area contributed by atoms with Crippen LogP contribution in [0.15, 0.2) is 206 Å². The van der Waals surface area contributed by atoms with Gasteiger partial charge in [0.1, 0.15) is 0 Å². The summed E-state index contributed by atoms with van der Waals surface area (Å²) < 4.78 is 27.8. The van der Waals surface area contributed by atoms with E-state index in [4.69, 9.17) is 139 Å². The first-order chi connectivity index (χ1) is 52.8. The average Bonchev–Trinajstić information content (AvgIpc) is 1.03. The fourth-order valence-corrected chi connectivity index (χ4v) is 18.1. The molecule has 582 valence electrons. The highest BCUT2D eigenvalue weighted by Gasteiger charge is 2.35. The normalized spacial score (nSPS) is 18.1. The van der Waals surface area contributed by atoms with Crippen molar-refractivity contribution in [1.82, 2.24) is 19.6 Å². The van der Waals surface area contributed by atoms with Crippen molar-refractivity contribution in [3.63, 3.8) is 0 Å². The van der Waals surface area contributed by atoms with E-state index in [9.17, 15) is 8.78 Å². The van der Waals surface area contributed by atoms with Crippen molar-refractivity contribution in [3.8, 4) is 0 Å². The maximum Gasteiger partial charge on any atom is 0.163 e. The van der Waals surface area contributed by atoms with Crippen LogP contribution >= 0.6 is 162 Å². The number of piperazine rings is 4. The zero-order chi connectivity index (χ0) is 78.2. The molecule has 4 atom stereocenters. The number of hydrogen-bond acceptors (Lipinski definition) is 10. The Morgan fingerprint density at radius 1 is 0.373 bits per heavy atom. The summed E-state index contributed by atoms with van der Waals surface area (Å²) >= 11 is 78.6. The van der Waals surface area contributed by atoms with Crippen LogP contribution in [-0.4, -0.2) is 123 Å². The second kappa shape index (κ2) is 41.3. The summed E-state index contributed by atoms with van der Waals surface area (Å²) in [5.41, 5.74) is 9.50. The number of benzene rings is 9. The lowest BCUT2D eigenvalue weighted by molar-refractivity contribution is 0.193. The maximum atomic E-state index is 14.2. The summed E-state index contributed by atoms with van der Waals surface area (Å²) in [7, 11) is 0. The second-order valence-electron chi connectivity index (χ2n) is 28.9. The van der Waals surface area contributed by atoms with Gasteiger partial charge in [-0.1, -0.05) is 227 Å². The van der Waals surface area contributed by atoms with Gasteiger partial charge in [-0.15, -0.1) is 11.3 Å². The molecule has 1 aromatic heterocycles. The van der Waals surface area contributed by atoms with Crippen molar-refractivity contribution < 1.29 is 8.78 Å². The number of halogens is 14. The van der Waals surface area contributed by atoms with Gasteiger partial charge in [0.05, 0.1) is 67.0 Å². The molecule has 4 saturated heterocycles. The Morgan fingerprint density at radius 3 is 1.03 bits per heavy atom. The van der Waals surface area contributed by atoms with Crippen LogP contribution in [-0.2, 0) is 13.1 Å². The van der Waals surface area contributed by atoms with Gasteiger partial charge in [0.15, 0.2) is 11.6 Å². The highest BCUT2D eigenvalue weighted by molar-refractivity contribution is 7.98. The van der Waals surface area contributed by atoms with Gasteiger partial charge in [0, 0.05) is 142 Å². The SMILES string of the molecule is CC(C)(C)CCN1CCN(c2ccc(Cl)cc2Cl)C(c2ccc(Cl)cc2)C1.CSCCCN1CCN(c2ccc(Cl)cc2Cl)C(c2ccc(Cl)cc2)C1.Clc1ccc(C2CN(Cc3cccs3)CCN2c2ccc(Cl)cc2Cl)cc1.Fc1cccc(CN2CCN(c3ccc(Cl)cc3Cl)C(c3ccc(Cl)cc3)C2)c1F. The van der Waals surface area contributed by atoms with Gasteiger partial charge in [-0.2, -0.15) is 11.8 Å². The molecule has 0 bridgehead atoms. The number of hydrogen-bond donors (Lipinski definition) is 0. The van der Waals surface area contributed by atoms with Gasteiger partial charge in [0.25, 0.3) is 0 Å². The third-order valence-corrected chi connectivity index (χ3v) is 24.9. The Bertz CT molecular complexity index is 4590. The largest absolute Gasteiger partial charge is 0.361 e. The minimum atomic E-state index is -0.826. The lowest BCUT2D eigenvalue weighted by Crippen LogP contribution is -2.49. The van der Waals surface area contributed by atoms with E-state index < -0.39 is 11.6 Å². The summed E-state index contributed by atoms with van der Waals surface area (Å²) in [6.07, 6.45) is 4.56. The van der Waals surface area contributed by atoms with Crippen LogP contribution in [0.2, 0.25) is 60.3 Å². The highest BCUT2D eigenvalue weighted by atomic mass is 35.5. The molecule has 0 saturated carbocycles. The van der Waals surface area contributed by atoms with Crippen LogP contribution in [0.1, 0.15) is 90.5 Å². The van der Waals surface area contributed by atoms with E-state index in [2.05, 4.69) is 120 Å². The lowest BCUT2D eigenvalue weighted by atomic mass is 9.91. The van der Waals surface area contributed by atoms with Crippen molar-refractivity contribution in [2.45, 2.75) is 70.9 Å². The van der Waals surface area contributed by atoms with E-state index in [0.717, 1.165) is 128 Å². The molecule has 4 aliphatic rings. The molecule has 10 aromatic rings. The summed E-state index contributed by atoms with van der Waals surface area (Å²) in [6.45, 7) is 21.1. The predicted octanol–water partition coefficient (Wildman–Crippen LogP) is 27.0. The molecule has 4 aliphatic heterocycles. The van der Waals surface area contributed by atoms with Gasteiger partial charge in [0.2, 0.25) is 0 Å². The first-order valence-electron chi connectivity index (χ1n) is 36.6. The molecule has 0 N–H and O–H groups in total. The fourth-order valence-electron chi connectivity index (χ4n) is 14.4. The molecule has 0 aliphatic carbocycles. The molecule has 4 fully saturated rings. The monoisotopic (exact) mass is 1750 g/mol. The minimum absolute atomic E-state index is 0.0358. The molecule has 0 spiro atoms. The summed E-state index contributed by atoms with van der Waals surface area (Å²) in [5, 5.41) is 10.3. The number of nitrogens with zero attached hydrogens (tertiary/aromatic N) is 8. The van der Waals surface area contributed by atoms with Crippen molar-refractivity contribution in [1.29, 1.82) is 0 Å². The van der Waals surface area contributed by atoms with E-state index >= 15 is 0 Å². The zero-order valence-electron chi connectivity index (χ0n) is 61.6. The number of rotatable bonds is 18. The first-order valence-corrected chi connectivity index (χ1v) is 43.4. The quantitative estimate of drug-likeness (QED) is 0.0779. The Kier molecular flexibility index (Phi) is 32.4. The van der Waals surface area contributed by atoms with Crippen molar-refractivity contribution in [2.75, 3.05) is 123 Å². The lowest BCUT2D eigenvalue weighted by Gasteiger charge is -2.44. The molecule has 8 nitrogen and oxygen atoms in total. The van der Waals surface area contributed by atoms with E-state index in [1.807, 2.05) is 150 Å². The predicted molar refractivity (Wildman–Crippen MR) is 473 cm³/mol. The topological polar surface area (TPSA) is 25.9 Å². The number of thiophene rings is 1. The van der Waals surface area contributed by atoms with Crippen LogP contribution in [0, 0.1) is 17.0 Å². The molecule has 24 heteroatoms. The van der Waals surface area contributed by atoms with Crippen LogP contribution in [0.4, 0.5) is 31.5 Å². The Labute approximate surface area is 716 Å². The van der Waals surface area contributed by atoms with E-state index in [1.165, 1.54) is 46.2 Å². The van der Waals surface area contributed by atoms with E-state index in [1.54, 1.807) is 12.1 Å². The molecule has 5 heterocycles. The van der Waals surface area contributed by atoms with Crippen molar-refractivity contribution >= 4 is 185 Å². The third-order valence-electron chi connectivity index (χ3n) is 20.1. The first kappa shape index (κ1) is 86.3. The molecule has 14 rings (SSSR count). The molecular weight excluding hydrogens is 1670 g/mol. The highest BCUT2D eigenvalue weighted by Crippen LogP contribution is 2.43. The van der Waals surface area contributed by atoms with Gasteiger partial charge >= 0.3 is 0 Å². The molecule has 110 heavy (non-hydrogen) atoms. The molecule has 4 unspecified atom stereocenters. The Morgan fingerprint density at radius 2 is 0.700 bits per heavy atom. The second-order valence-corrected chi connectivity index (χ2v) is 36.1. The van der Waals surface area contributed by atoms with Crippen LogP contribution in [0.25, 0.3) is 0 Å². The van der Waals surface area contributed by atoms with Crippen LogP contribution in [0.5, 0.6) is 0 Å². The average molecular weight is 1760 g/mol. The van der Waals surface area contributed by atoms with Gasteiger partial charge in [-0.25, -0.2) is 8.78 Å². The molecule has 9 aromatic carbocycles. The van der Waals surface area contributed by atoms with E-state index in [0.29, 0.717) is 82.4 Å². The fraction of sp³-hybridized carbons (Fsp3) is 0.326. The summed E-state index contributed by atoms with van der Waals surface area (Å²) in [6, 6.07) is 64.1. The standard InChI is InChI=1S/C23H19Cl3F2N2.C22H27Cl3N2.C21H19Cl3N2S.C20H23Cl3N2S/c24-17-6-4-15(5-7-17)22-14-29(13-16-2-1-3-20(27)23(16)28)10-11-30(22)21-9-8-18(25)12-19(21)26;1-22(2,3)10-11-26-12-13-27(20-9-8-18(24)14-19(20)25)21(15-26)16-4-6-17(23)7-5-16;22-16-5-3-15(4-6-16)21-14-25(13-18-2-1-11-27-18)9-10-26(21)20-8-7-17(23)12-19(20)24;1-26-12-2-9-24-10-11-25(19-8-7-17(22)13-18(19)23)20(14-24)15-3-5-16(21)6-4-15/h1-9,12,22H,10-11,13-14H2;4-9,14,21H,10-13,15H2,1-3H3;1-8,11-12,21H,9-10,13-14H2;3-8,13,20H,2,9-12,14H2,1H3.